The van der Waals surface area contributed by atoms with Crippen molar-refractivity contribution in [2.45, 2.75) is 86.0 Å². The van der Waals surface area contributed by atoms with Crippen molar-refractivity contribution < 1.29 is 23.6 Å². The summed E-state index contributed by atoms with van der Waals surface area (Å²) in [5, 5.41) is 0. The van der Waals surface area contributed by atoms with Gasteiger partial charge < -0.3 is 4.89 Å². The highest BCUT2D eigenvalue weighted by atomic mass is 31.2. The van der Waals surface area contributed by atoms with Gasteiger partial charge in [0.05, 0.1) is 6.61 Å². The SMILES string of the molecule is CCC(C)(C)CCC(=O)CCC(=O)CCC(C)(C)CCOP(N)(=O)O. The third-order valence-corrected chi connectivity index (χ3v) is 5.41. The van der Waals surface area contributed by atoms with Crippen molar-refractivity contribution >= 4 is 19.3 Å². The van der Waals surface area contributed by atoms with Gasteiger partial charge in [-0.15, -0.1) is 0 Å². The molecule has 0 aromatic carbocycles. The fourth-order valence-corrected chi connectivity index (χ4v) is 2.59. The van der Waals surface area contributed by atoms with E-state index >= 15 is 0 Å². The Labute approximate surface area is 152 Å². The molecule has 0 rings (SSSR count). The lowest BCUT2D eigenvalue weighted by atomic mass is 9.83. The van der Waals surface area contributed by atoms with Gasteiger partial charge in [0, 0.05) is 25.7 Å². The minimum atomic E-state index is -3.94. The summed E-state index contributed by atoms with van der Waals surface area (Å²) < 4.78 is 15.5. The molecule has 0 aromatic heterocycles. The zero-order valence-corrected chi connectivity index (χ0v) is 17.4. The van der Waals surface area contributed by atoms with Crippen molar-refractivity contribution in [3.05, 3.63) is 0 Å². The monoisotopic (exact) mass is 377 g/mol. The molecule has 0 fully saturated rings. The second-order valence-electron chi connectivity index (χ2n) is 8.41. The van der Waals surface area contributed by atoms with Crippen molar-refractivity contribution in [1.29, 1.82) is 0 Å². The van der Waals surface area contributed by atoms with Gasteiger partial charge in [-0.05, 0) is 30.1 Å². The van der Waals surface area contributed by atoms with Crippen molar-refractivity contribution in [2.75, 3.05) is 6.61 Å². The van der Waals surface area contributed by atoms with E-state index in [9.17, 15) is 14.2 Å². The molecule has 6 nitrogen and oxygen atoms in total. The van der Waals surface area contributed by atoms with Gasteiger partial charge in [0.2, 0.25) is 0 Å². The van der Waals surface area contributed by atoms with E-state index in [0.29, 0.717) is 38.5 Å². The Bertz CT molecular complexity index is 482. The van der Waals surface area contributed by atoms with Crippen LogP contribution in [0.4, 0.5) is 0 Å². The van der Waals surface area contributed by atoms with Crippen LogP contribution in [0.5, 0.6) is 0 Å². The Morgan fingerprint density at radius 3 is 1.76 bits per heavy atom. The molecular formula is C18H36NO5P. The van der Waals surface area contributed by atoms with Gasteiger partial charge in [0.1, 0.15) is 11.6 Å². The van der Waals surface area contributed by atoms with E-state index in [-0.39, 0.29) is 29.0 Å². The van der Waals surface area contributed by atoms with Gasteiger partial charge in [-0.3, -0.25) is 14.1 Å². The Kier molecular flexibility index (Phi) is 10.3. The first-order valence-corrected chi connectivity index (χ1v) is 10.7. The molecule has 0 saturated carbocycles. The van der Waals surface area contributed by atoms with Crippen LogP contribution in [-0.4, -0.2) is 23.1 Å². The standard InChI is InChI=1S/C18H36NO5P/c1-6-17(2,3)11-9-15(20)7-8-16(21)10-12-18(4,5)13-14-24-25(19,22)23/h6-14H2,1-5H3,(H3,19,22,23). The largest absolute Gasteiger partial charge is 0.400 e. The molecular weight excluding hydrogens is 341 g/mol. The Morgan fingerprint density at radius 1 is 0.920 bits per heavy atom. The van der Waals surface area contributed by atoms with Gasteiger partial charge in [0.25, 0.3) is 0 Å². The van der Waals surface area contributed by atoms with Crippen LogP contribution in [0, 0.1) is 10.8 Å². The third kappa shape index (κ3) is 14.3. The van der Waals surface area contributed by atoms with Gasteiger partial charge in [0.15, 0.2) is 0 Å². The fraction of sp³-hybridized carbons (Fsp3) is 0.889. The van der Waals surface area contributed by atoms with E-state index in [2.05, 4.69) is 25.3 Å². The first kappa shape index (κ1) is 24.5. The highest BCUT2D eigenvalue weighted by Gasteiger charge is 2.22. The predicted molar refractivity (Wildman–Crippen MR) is 100 cm³/mol. The van der Waals surface area contributed by atoms with Crippen LogP contribution in [0.2, 0.25) is 0 Å². The average molecular weight is 377 g/mol. The van der Waals surface area contributed by atoms with Crippen LogP contribution in [0.15, 0.2) is 0 Å². The number of rotatable bonds is 14. The number of carbonyl (C=O) groups is 2. The maximum absolute atomic E-state index is 12.0. The normalized spacial score (nSPS) is 15.0. The minimum absolute atomic E-state index is 0.0805. The number of carbonyl (C=O) groups excluding carboxylic acids is 2. The number of hydrogen-bond donors (Lipinski definition) is 2. The Morgan fingerprint density at radius 2 is 1.36 bits per heavy atom. The van der Waals surface area contributed by atoms with Crippen molar-refractivity contribution in [1.82, 2.24) is 0 Å². The molecule has 0 spiro atoms. The molecule has 148 valence electrons. The Hall–Kier alpha value is -0.550. The minimum Gasteiger partial charge on any atom is -0.313 e. The lowest BCUT2D eigenvalue weighted by Gasteiger charge is -2.24. The average Bonchev–Trinajstić information content (AvgIpc) is 2.47. The first-order chi connectivity index (χ1) is 11.3. The van der Waals surface area contributed by atoms with E-state index in [1.54, 1.807) is 0 Å². The highest BCUT2D eigenvalue weighted by Crippen LogP contribution is 2.34. The van der Waals surface area contributed by atoms with Crippen molar-refractivity contribution in [3.63, 3.8) is 0 Å². The molecule has 0 aromatic rings. The van der Waals surface area contributed by atoms with Crippen LogP contribution in [0.25, 0.3) is 0 Å². The summed E-state index contributed by atoms with van der Waals surface area (Å²) in [5.74, 6) is 0.243. The molecule has 0 saturated heterocycles. The zero-order valence-electron chi connectivity index (χ0n) is 16.5. The summed E-state index contributed by atoms with van der Waals surface area (Å²) in [7, 11) is -3.94. The van der Waals surface area contributed by atoms with E-state index in [0.717, 1.165) is 12.8 Å². The molecule has 0 bridgehead atoms. The van der Waals surface area contributed by atoms with Gasteiger partial charge in [-0.1, -0.05) is 41.0 Å². The van der Waals surface area contributed by atoms with Crippen LogP contribution in [0.1, 0.15) is 86.0 Å². The number of ketones is 2. The van der Waals surface area contributed by atoms with Crippen LogP contribution < -0.4 is 5.50 Å². The summed E-state index contributed by atoms with van der Waals surface area (Å²) in [6, 6.07) is 0. The van der Waals surface area contributed by atoms with Crippen molar-refractivity contribution in [2.24, 2.45) is 16.3 Å². The Balaban J connectivity index is 4.02. The number of Topliss-reactive ketones (excluding diaryl/α,β-unsaturated/α-hetero) is 2. The summed E-state index contributed by atoms with van der Waals surface area (Å²) in [6.07, 6.45) is 4.64. The zero-order chi connectivity index (χ0) is 19.7. The van der Waals surface area contributed by atoms with Crippen molar-refractivity contribution in [3.8, 4) is 0 Å². The predicted octanol–water partition coefficient (Wildman–Crippen LogP) is 4.39. The van der Waals surface area contributed by atoms with E-state index in [4.69, 9.17) is 10.4 Å². The fourth-order valence-electron chi connectivity index (χ4n) is 2.24. The molecule has 0 amide bonds. The lowest BCUT2D eigenvalue weighted by Crippen LogP contribution is -2.17. The van der Waals surface area contributed by atoms with E-state index < -0.39 is 7.75 Å². The third-order valence-electron chi connectivity index (χ3n) is 4.86. The maximum atomic E-state index is 12.0. The molecule has 3 N–H and O–H groups in total. The van der Waals surface area contributed by atoms with Crippen LogP contribution in [-0.2, 0) is 18.7 Å². The highest BCUT2D eigenvalue weighted by molar-refractivity contribution is 7.50. The quantitative estimate of drug-likeness (QED) is 0.435. The summed E-state index contributed by atoms with van der Waals surface area (Å²) in [6.45, 7) is 10.4. The van der Waals surface area contributed by atoms with Gasteiger partial charge in [-0.2, -0.15) is 0 Å². The van der Waals surface area contributed by atoms with Gasteiger partial charge in [-0.25, -0.2) is 10.1 Å². The van der Waals surface area contributed by atoms with E-state index in [1.807, 2.05) is 13.8 Å². The van der Waals surface area contributed by atoms with Gasteiger partial charge >= 0.3 is 7.75 Å². The molecule has 0 aliphatic rings. The number of nitrogens with two attached hydrogens (primary N) is 1. The maximum Gasteiger partial charge on any atom is 0.400 e. The molecule has 0 aliphatic heterocycles. The first-order valence-electron chi connectivity index (χ1n) is 9.06. The summed E-state index contributed by atoms with van der Waals surface area (Å²) >= 11 is 0. The lowest BCUT2D eigenvalue weighted by molar-refractivity contribution is -0.124. The van der Waals surface area contributed by atoms with Crippen LogP contribution in [0.3, 0.4) is 0 Å². The molecule has 1 atom stereocenters. The molecule has 7 heteroatoms. The second kappa shape index (κ2) is 10.6. The second-order valence-corrected chi connectivity index (χ2v) is 9.79. The van der Waals surface area contributed by atoms with Crippen LogP contribution >= 0.6 is 7.75 Å². The molecule has 25 heavy (non-hydrogen) atoms. The smallest absolute Gasteiger partial charge is 0.313 e. The molecule has 1 unspecified atom stereocenters. The van der Waals surface area contributed by atoms with E-state index in [1.165, 1.54) is 0 Å². The number of hydrogen-bond acceptors (Lipinski definition) is 4. The molecule has 0 aliphatic carbocycles. The summed E-state index contributed by atoms with van der Waals surface area (Å²) in [5.41, 5.74) is 4.90. The molecule has 0 radical (unpaired) electrons. The topological polar surface area (TPSA) is 107 Å². The molecule has 0 heterocycles. The summed E-state index contributed by atoms with van der Waals surface area (Å²) in [4.78, 5) is 32.8.